The van der Waals surface area contributed by atoms with E-state index < -0.39 is 0 Å². The highest BCUT2D eigenvalue weighted by Gasteiger charge is 2.25. The van der Waals surface area contributed by atoms with Gasteiger partial charge < -0.3 is 5.73 Å². The van der Waals surface area contributed by atoms with E-state index in [1.807, 2.05) is 6.07 Å². The Morgan fingerprint density at radius 1 is 1.29 bits per heavy atom. The molecule has 1 aliphatic rings. The molecule has 0 saturated heterocycles. The molecule has 1 unspecified atom stereocenters. The van der Waals surface area contributed by atoms with Crippen LogP contribution in [-0.2, 0) is 0 Å². The van der Waals surface area contributed by atoms with Gasteiger partial charge >= 0.3 is 0 Å². The van der Waals surface area contributed by atoms with E-state index in [1.54, 1.807) is 12.4 Å². The van der Waals surface area contributed by atoms with Gasteiger partial charge in [0.1, 0.15) is 5.82 Å². The highest BCUT2D eigenvalue weighted by atomic mass is 35.5. The Morgan fingerprint density at radius 3 is 2.36 bits per heavy atom. The molecule has 1 saturated carbocycles. The van der Waals surface area contributed by atoms with Crippen LogP contribution in [-0.4, -0.2) is 9.97 Å². The lowest BCUT2D eigenvalue weighted by Crippen LogP contribution is -2.14. The zero-order chi connectivity index (χ0) is 8.39. The molecule has 1 aliphatic carbocycles. The summed E-state index contributed by atoms with van der Waals surface area (Å²) < 4.78 is 0. The van der Waals surface area contributed by atoms with Gasteiger partial charge in [-0.1, -0.05) is 12.8 Å². The van der Waals surface area contributed by atoms with Crippen molar-refractivity contribution >= 4 is 24.8 Å². The molecule has 3 nitrogen and oxygen atoms in total. The smallest absolute Gasteiger partial charge is 0.144 e. The van der Waals surface area contributed by atoms with Gasteiger partial charge in [-0.2, -0.15) is 0 Å². The summed E-state index contributed by atoms with van der Waals surface area (Å²) in [5, 5.41) is 0. The first-order valence-corrected chi connectivity index (χ1v) is 4.39. The van der Waals surface area contributed by atoms with E-state index in [9.17, 15) is 0 Å². The summed E-state index contributed by atoms with van der Waals surface area (Å²) in [5.41, 5.74) is 5.91. The topological polar surface area (TPSA) is 51.8 Å². The lowest BCUT2D eigenvalue weighted by Gasteiger charge is -2.07. The summed E-state index contributed by atoms with van der Waals surface area (Å²) in [6.45, 7) is 0. The van der Waals surface area contributed by atoms with Crippen LogP contribution in [0, 0.1) is 5.92 Å². The van der Waals surface area contributed by atoms with Crippen molar-refractivity contribution in [2.24, 2.45) is 11.7 Å². The molecular formula is C9H15Cl2N3. The maximum atomic E-state index is 5.91. The maximum absolute atomic E-state index is 5.91. The lowest BCUT2D eigenvalue weighted by atomic mass is 10.1. The fourth-order valence-corrected chi connectivity index (χ4v) is 1.32. The molecule has 0 amide bonds. The summed E-state index contributed by atoms with van der Waals surface area (Å²) in [6, 6.07) is 1.85. The van der Waals surface area contributed by atoms with E-state index >= 15 is 0 Å². The molecule has 1 atom stereocenters. The van der Waals surface area contributed by atoms with Crippen LogP contribution in [0.4, 0.5) is 0 Å². The van der Waals surface area contributed by atoms with Crippen molar-refractivity contribution in [1.82, 2.24) is 9.97 Å². The normalized spacial score (nSPS) is 16.4. The summed E-state index contributed by atoms with van der Waals surface area (Å²) >= 11 is 0. The van der Waals surface area contributed by atoms with Gasteiger partial charge in [-0.3, -0.25) is 0 Å². The molecule has 14 heavy (non-hydrogen) atoms. The molecule has 0 spiro atoms. The second-order valence-electron chi connectivity index (χ2n) is 3.39. The van der Waals surface area contributed by atoms with Crippen LogP contribution in [0.1, 0.15) is 31.1 Å². The Balaban J connectivity index is 0.000000845. The minimum absolute atomic E-state index is 0. The molecule has 1 aromatic rings. The molecule has 0 radical (unpaired) electrons. The summed E-state index contributed by atoms with van der Waals surface area (Å²) in [6.07, 6.45) is 7.20. The zero-order valence-corrected chi connectivity index (χ0v) is 9.43. The standard InChI is InChI=1S/C9H13N3.2ClH/c10-8(6-7-2-3-7)9-11-4-1-5-12-9;;/h1,4-5,7-8H,2-3,6,10H2;2*1H. The zero-order valence-electron chi connectivity index (χ0n) is 7.80. The summed E-state index contributed by atoms with van der Waals surface area (Å²) in [7, 11) is 0. The molecule has 1 fully saturated rings. The van der Waals surface area contributed by atoms with Gasteiger partial charge in [0.15, 0.2) is 0 Å². The minimum atomic E-state index is 0. The van der Waals surface area contributed by atoms with Crippen LogP contribution in [0.15, 0.2) is 18.5 Å². The van der Waals surface area contributed by atoms with E-state index in [4.69, 9.17) is 5.73 Å². The first-order chi connectivity index (χ1) is 5.86. The van der Waals surface area contributed by atoms with Gasteiger partial charge in [-0.15, -0.1) is 24.8 Å². The van der Waals surface area contributed by atoms with Crippen molar-refractivity contribution in [3.05, 3.63) is 24.3 Å². The Bertz CT molecular complexity index is 251. The van der Waals surface area contributed by atoms with Crippen molar-refractivity contribution in [1.29, 1.82) is 0 Å². The molecule has 1 aromatic heterocycles. The highest BCUT2D eigenvalue weighted by Crippen LogP contribution is 2.35. The molecule has 0 aliphatic heterocycles. The Kier molecular flexibility index (Phi) is 6.00. The monoisotopic (exact) mass is 235 g/mol. The van der Waals surface area contributed by atoms with Gasteiger partial charge in [0, 0.05) is 12.4 Å². The predicted octanol–water partition coefficient (Wildman–Crippen LogP) is 2.12. The Labute approximate surface area is 96.3 Å². The first kappa shape index (κ1) is 13.6. The average Bonchev–Trinajstić information content (AvgIpc) is 2.90. The van der Waals surface area contributed by atoms with E-state index in [1.165, 1.54) is 12.8 Å². The average molecular weight is 236 g/mol. The summed E-state index contributed by atoms with van der Waals surface area (Å²) in [4.78, 5) is 8.25. The maximum Gasteiger partial charge on any atom is 0.144 e. The van der Waals surface area contributed by atoms with Crippen molar-refractivity contribution in [2.45, 2.75) is 25.3 Å². The van der Waals surface area contributed by atoms with Gasteiger partial charge in [0.25, 0.3) is 0 Å². The number of nitrogens with zero attached hydrogens (tertiary/aromatic N) is 2. The largest absolute Gasteiger partial charge is 0.321 e. The van der Waals surface area contributed by atoms with Crippen molar-refractivity contribution in [3.8, 4) is 0 Å². The van der Waals surface area contributed by atoms with Crippen molar-refractivity contribution in [3.63, 3.8) is 0 Å². The predicted molar refractivity (Wildman–Crippen MR) is 60.8 cm³/mol. The van der Waals surface area contributed by atoms with Gasteiger partial charge in [0.2, 0.25) is 0 Å². The van der Waals surface area contributed by atoms with Crippen LogP contribution < -0.4 is 5.73 Å². The highest BCUT2D eigenvalue weighted by molar-refractivity contribution is 5.85. The van der Waals surface area contributed by atoms with E-state index in [0.29, 0.717) is 0 Å². The van der Waals surface area contributed by atoms with E-state index in [0.717, 1.165) is 18.2 Å². The third-order valence-electron chi connectivity index (χ3n) is 2.20. The van der Waals surface area contributed by atoms with Gasteiger partial charge in [0.05, 0.1) is 6.04 Å². The first-order valence-electron chi connectivity index (χ1n) is 4.39. The number of rotatable bonds is 3. The Morgan fingerprint density at radius 2 is 1.86 bits per heavy atom. The molecule has 1 heterocycles. The molecule has 2 rings (SSSR count). The third kappa shape index (κ3) is 3.78. The molecule has 2 N–H and O–H groups in total. The molecule has 0 bridgehead atoms. The van der Waals surface area contributed by atoms with Crippen LogP contribution in [0.5, 0.6) is 0 Å². The quantitative estimate of drug-likeness (QED) is 0.874. The number of aromatic nitrogens is 2. The number of halogens is 2. The van der Waals surface area contributed by atoms with Crippen LogP contribution in [0.3, 0.4) is 0 Å². The van der Waals surface area contributed by atoms with Crippen molar-refractivity contribution < 1.29 is 0 Å². The number of hydrogen-bond acceptors (Lipinski definition) is 3. The molecule has 5 heteroatoms. The second kappa shape index (κ2) is 6.17. The van der Waals surface area contributed by atoms with Crippen LogP contribution in [0.25, 0.3) is 0 Å². The number of hydrogen-bond donors (Lipinski definition) is 1. The SMILES string of the molecule is Cl.Cl.NC(CC1CC1)c1ncccn1. The van der Waals surface area contributed by atoms with Crippen LogP contribution in [0.2, 0.25) is 0 Å². The number of nitrogens with two attached hydrogens (primary N) is 1. The lowest BCUT2D eigenvalue weighted by molar-refractivity contribution is 0.567. The fourth-order valence-electron chi connectivity index (χ4n) is 1.32. The fraction of sp³-hybridized carbons (Fsp3) is 0.556. The molecular weight excluding hydrogens is 221 g/mol. The van der Waals surface area contributed by atoms with E-state index in [-0.39, 0.29) is 30.9 Å². The van der Waals surface area contributed by atoms with Crippen molar-refractivity contribution in [2.75, 3.05) is 0 Å². The minimum Gasteiger partial charge on any atom is -0.321 e. The molecule has 0 aromatic carbocycles. The van der Waals surface area contributed by atoms with Gasteiger partial charge in [-0.05, 0) is 18.4 Å². The Hall–Kier alpha value is -0.380. The third-order valence-corrected chi connectivity index (χ3v) is 2.20. The second-order valence-corrected chi connectivity index (χ2v) is 3.39. The van der Waals surface area contributed by atoms with Gasteiger partial charge in [-0.25, -0.2) is 9.97 Å². The van der Waals surface area contributed by atoms with E-state index in [2.05, 4.69) is 9.97 Å². The van der Waals surface area contributed by atoms with Crippen LogP contribution >= 0.6 is 24.8 Å². The summed E-state index contributed by atoms with van der Waals surface area (Å²) in [5.74, 6) is 1.62. The molecule has 80 valence electrons.